The highest BCUT2D eigenvalue weighted by Crippen LogP contribution is 2.21. The molecule has 0 aliphatic carbocycles. The third-order valence-electron chi connectivity index (χ3n) is 4.76. The first-order valence-electron chi connectivity index (χ1n) is 8.88. The Kier molecular flexibility index (Phi) is 5.84. The van der Waals surface area contributed by atoms with Crippen LogP contribution in [0.4, 0.5) is 5.69 Å². The number of benzene rings is 2. The molecule has 2 aromatic carbocycles. The first kappa shape index (κ1) is 17.9. The SMILES string of the molecule is CN=C(NCc1ccc([N+](=O)[O-])cc1)N1CCC(Cc2ccccc2)C1. The van der Waals surface area contributed by atoms with Crippen molar-refractivity contribution in [3.63, 3.8) is 0 Å². The van der Waals surface area contributed by atoms with Gasteiger partial charge in [0.1, 0.15) is 0 Å². The van der Waals surface area contributed by atoms with E-state index in [0.29, 0.717) is 12.5 Å². The second-order valence-corrected chi connectivity index (χ2v) is 6.61. The molecule has 0 spiro atoms. The van der Waals surface area contributed by atoms with Crippen LogP contribution in [-0.4, -0.2) is 35.9 Å². The summed E-state index contributed by atoms with van der Waals surface area (Å²) in [6, 6.07) is 17.2. The van der Waals surface area contributed by atoms with Crippen LogP contribution < -0.4 is 5.32 Å². The fourth-order valence-electron chi connectivity index (χ4n) is 3.39. The lowest BCUT2D eigenvalue weighted by molar-refractivity contribution is -0.384. The molecule has 1 unspecified atom stereocenters. The lowest BCUT2D eigenvalue weighted by atomic mass is 9.99. The predicted octanol–water partition coefficient (Wildman–Crippen LogP) is 3.23. The third-order valence-corrected chi connectivity index (χ3v) is 4.76. The highest BCUT2D eigenvalue weighted by molar-refractivity contribution is 5.80. The van der Waals surface area contributed by atoms with Crippen molar-refractivity contribution in [2.45, 2.75) is 19.4 Å². The summed E-state index contributed by atoms with van der Waals surface area (Å²) in [5, 5.41) is 14.1. The van der Waals surface area contributed by atoms with Gasteiger partial charge in [0.05, 0.1) is 4.92 Å². The van der Waals surface area contributed by atoms with Crippen LogP contribution in [0.15, 0.2) is 59.6 Å². The minimum Gasteiger partial charge on any atom is -0.352 e. The summed E-state index contributed by atoms with van der Waals surface area (Å²) in [5.41, 5.74) is 2.49. The molecule has 0 bridgehead atoms. The maximum Gasteiger partial charge on any atom is 0.269 e. The second-order valence-electron chi connectivity index (χ2n) is 6.61. The van der Waals surface area contributed by atoms with Crippen LogP contribution >= 0.6 is 0 Å². The minimum atomic E-state index is -0.382. The van der Waals surface area contributed by atoms with Gasteiger partial charge in [0.2, 0.25) is 0 Å². The van der Waals surface area contributed by atoms with Crippen molar-refractivity contribution in [1.82, 2.24) is 10.2 Å². The van der Waals surface area contributed by atoms with E-state index in [1.54, 1.807) is 19.2 Å². The van der Waals surface area contributed by atoms with E-state index in [9.17, 15) is 10.1 Å². The largest absolute Gasteiger partial charge is 0.352 e. The van der Waals surface area contributed by atoms with Gasteiger partial charge in [-0.3, -0.25) is 15.1 Å². The normalized spacial score (nSPS) is 17.3. The molecule has 1 aliphatic heterocycles. The summed E-state index contributed by atoms with van der Waals surface area (Å²) in [6.45, 7) is 2.59. The standard InChI is InChI=1S/C20H24N4O2/c1-21-20(22-14-17-7-9-19(10-8-17)24(25)26)23-12-11-18(15-23)13-16-5-3-2-4-6-16/h2-10,18H,11-15H2,1H3,(H,21,22). The number of likely N-dealkylation sites (tertiary alicyclic amines) is 1. The van der Waals surface area contributed by atoms with Gasteiger partial charge in [-0.25, -0.2) is 0 Å². The molecule has 1 atom stereocenters. The zero-order chi connectivity index (χ0) is 18.4. The van der Waals surface area contributed by atoms with Crippen molar-refractivity contribution in [2.24, 2.45) is 10.9 Å². The van der Waals surface area contributed by atoms with E-state index >= 15 is 0 Å². The monoisotopic (exact) mass is 352 g/mol. The van der Waals surface area contributed by atoms with Crippen LogP contribution in [0.5, 0.6) is 0 Å². The molecule has 3 rings (SSSR count). The van der Waals surface area contributed by atoms with Gasteiger partial charge in [-0.1, -0.05) is 42.5 Å². The Hall–Kier alpha value is -2.89. The summed E-state index contributed by atoms with van der Waals surface area (Å²) < 4.78 is 0. The number of hydrogen-bond acceptors (Lipinski definition) is 3. The lowest BCUT2D eigenvalue weighted by Gasteiger charge is -2.22. The zero-order valence-corrected chi connectivity index (χ0v) is 15.0. The number of nitrogens with one attached hydrogen (secondary N) is 1. The molecule has 1 fully saturated rings. The average molecular weight is 352 g/mol. The number of non-ortho nitro benzene ring substituents is 1. The van der Waals surface area contributed by atoms with Crippen molar-refractivity contribution < 1.29 is 4.92 Å². The van der Waals surface area contributed by atoms with Gasteiger partial charge >= 0.3 is 0 Å². The second kappa shape index (κ2) is 8.47. The Morgan fingerprint density at radius 3 is 2.58 bits per heavy atom. The van der Waals surface area contributed by atoms with Gasteiger partial charge in [-0.05, 0) is 29.9 Å². The Balaban J connectivity index is 1.52. The van der Waals surface area contributed by atoms with Gasteiger partial charge in [0.15, 0.2) is 5.96 Å². The number of nitro benzene ring substituents is 1. The molecule has 0 aromatic heterocycles. The van der Waals surface area contributed by atoms with Crippen molar-refractivity contribution in [3.8, 4) is 0 Å². The van der Waals surface area contributed by atoms with Crippen molar-refractivity contribution in [2.75, 3.05) is 20.1 Å². The predicted molar refractivity (Wildman–Crippen MR) is 103 cm³/mol. The molecule has 6 nitrogen and oxygen atoms in total. The summed E-state index contributed by atoms with van der Waals surface area (Å²) in [5.74, 6) is 1.52. The lowest BCUT2D eigenvalue weighted by Crippen LogP contribution is -2.39. The van der Waals surface area contributed by atoms with E-state index in [-0.39, 0.29) is 10.6 Å². The molecule has 26 heavy (non-hydrogen) atoms. The maximum atomic E-state index is 10.7. The molecule has 1 heterocycles. The Bertz CT molecular complexity index is 759. The van der Waals surface area contributed by atoms with E-state index in [4.69, 9.17) is 0 Å². The molecular formula is C20H24N4O2. The average Bonchev–Trinajstić information content (AvgIpc) is 3.12. The summed E-state index contributed by atoms with van der Waals surface area (Å²) in [7, 11) is 1.79. The van der Waals surface area contributed by atoms with Gasteiger partial charge in [-0.2, -0.15) is 0 Å². The third kappa shape index (κ3) is 4.59. The molecule has 0 amide bonds. The van der Waals surface area contributed by atoms with Crippen LogP contribution in [0, 0.1) is 16.0 Å². The molecular weight excluding hydrogens is 328 g/mol. The number of nitro groups is 1. The summed E-state index contributed by atoms with van der Waals surface area (Å²) in [4.78, 5) is 17.0. The molecule has 2 aromatic rings. The van der Waals surface area contributed by atoms with Gasteiger partial charge in [-0.15, -0.1) is 0 Å². The molecule has 6 heteroatoms. The Morgan fingerprint density at radius 1 is 1.19 bits per heavy atom. The molecule has 136 valence electrons. The van der Waals surface area contributed by atoms with Crippen LogP contribution in [0.3, 0.4) is 0 Å². The number of hydrogen-bond donors (Lipinski definition) is 1. The fourth-order valence-corrected chi connectivity index (χ4v) is 3.39. The minimum absolute atomic E-state index is 0.112. The highest BCUT2D eigenvalue weighted by atomic mass is 16.6. The smallest absolute Gasteiger partial charge is 0.269 e. The Morgan fingerprint density at radius 2 is 1.92 bits per heavy atom. The molecule has 1 N–H and O–H groups in total. The number of rotatable bonds is 5. The highest BCUT2D eigenvalue weighted by Gasteiger charge is 2.24. The van der Waals surface area contributed by atoms with E-state index in [1.807, 2.05) is 0 Å². The first-order valence-corrected chi connectivity index (χ1v) is 8.88. The molecule has 0 radical (unpaired) electrons. The zero-order valence-electron chi connectivity index (χ0n) is 15.0. The number of aliphatic imine (C=N–C) groups is 1. The molecule has 1 aliphatic rings. The van der Waals surface area contributed by atoms with Crippen molar-refractivity contribution in [1.29, 1.82) is 0 Å². The van der Waals surface area contributed by atoms with Crippen molar-refractivity contribution in [3.05, 3.63) is 75.8 Å². The van der Waals surface area contributed by atoms with E-state index in [0.717, 1.165) is 37.5 Å². The summed E-state index contributed by atoms with van der Waals surface area (Å²) >= 11 is 0. The fraction of sp³-hybridized carbons (Fsp3) is 0.350. The van der Waals surface area contributed by atoms with Crippen LogP contribution in [-0.2, 0) is 13.0 Å². The topological polar surface area (TPSA) is 70.8 Å². The molecule has 0 saturated carbocycles. The summed E-state index contributed by atoms with van der Waals surface area (Å²) in [6.07, 6.45) is 2.25. The van der Waals surface area contributed by atoms with E-state index in [1.165, 1.54) is 17.7 Å². The molecule has 1 saturated heterocycles. The van der Waals surface area contributed by atoms with Gasteiger partial charge < -0.3 is 10.2 Å². The van der Waals surface area contributed by atoms with Crippen LogP contribution in [0.25, 0.3) is 0 Å². The van der Waals surface area contributed by atoms with Gasteiger partial charge in [0, 0.05) is 38.8 Å². The number of nitrogens with zero attached hydrogens (tertiary/aromatic N) is 3. The van der Waals surface area contributed by atoms with Gasteiger partial charge in [0.25, 0.3) is 5.69 Å². The van der Waals surface area contributed by atoms with Crippen molar-refractivity contribution >= 4 is 11.6 Å². The van der Waals surface area contributed by atoms with Crippen LogP contribution in [0.1, 0.15) is 17.5 Å². The first-order chi connectivity index (χ1) is 12.7. The Labute approximate surface area is 153 Å². The van der Waals surface area contributed by atoms with E-state index < -0.39 is 0 Å². The number of guanidine groups is 1. The maximum absolute atomic E-state index is 10.7. The quantitative estimate of drug-likeness (QED) is 0.388. The van der Waals surface area contributed by atoms with E-state index in [2.05, 4.69) is 45.5 Å². The van der Waals surface area contributed by atoms with Crippen LogP contribution in [0.2, 0.25) is 0 Å².